The zero-order valence-electron chi connectivity index (χ0n) is 6.28. The Balaban J connectivity index is 2.94. The lowest BCUT2D eigenvalue weighted by Gasteiger charge is -2.02. The van der Waals surface area contributed by atoms with Crippen LogP contribution in [0.25, 0.3) is 4.85 Å². The average molecular weight is 147 g/mol. The number of aliphatic hydroxyl groups is 1. The smallest absolute Gasteiger partial charge is 0.187 e. The summed E-state index contributed by atoms with van der Waals surface area (Å²) in [5.74, 6) is 0. The van der Waals surface area contributed by atoms with E-state index in [-0.39, 0.29) is 0 Å². The molecule has 0 fully saturated rings. The van der Waals surface area contributed by atoms with Crippen LogP contribution in [0, 0.1) is 6.57 Å². The maximum Gasteiger partial charge on any atom is 0.187 e. The SMILES string of the molecule is [C-]#[N+]c1ccc([C@H](C)O)cc1. The first-order valence-electron chi connectivity index (χ1n) is 3.39. The van der Waals surface area contributed by atoms with Crippen LogP contribution < -0.4 is 0 Å². The number of hydrogen-bond acceptors (Lipinski definition) is 1. The lowest BCUT2D eigenvalue weighted by molar-refractivity contribution is 0.199. The van der Waals surface area contributed by atoms with E-state index in [1.165, 1.54) is 0 Å². The summed E-state index contributed by atoms with van der Waals surface area (Å²) in [6.07, 6.45) is -0.449. The molecule has 0 amide bonds. The van der Waals surface area contributed by atoms with Gasteiger partial charge >= 0.3 is 0 Å². The molecule has 0 radical (unpaired) electrons. The molecule has 11 heavy (non-hydrogen) atoms. The van der Waals surface area contributed by atoms with Crippen molar-refractivity contribution in [2.24, 2.45) is 0 Å². The highest BCUT2D eigenvalue weighted by Crippen LogP contribution is 2.17. The van der Waals surface area contributed by atoms with Crippen LogP contribution in [0.2, 0.25) is 0 Å². The predicted octanol–water partition coefficient (Wildman–Crippen LogP) is 2.29. The zero-order valence-corrected chi connectivity index (χ0v) is 6.28. The van der Waals surface area contributed by atoms with E-state index in [4.69, 9.17) is 11.7 Å². The molecule has 0 heterocycles. The minimum Gasteiger partial charge on any atom is -0.389 e. The number of nitrogens with zero attached hydrogens (tertiary/aromatic N) is 1. The third kappa shape index (κ3) is 1.79. The van der Waals surface area contributed by atoms with E-state index < -0.39 is 6.10 Å². The fourth-order valence-corrected chi connectivity index (χ4v) is 0.827. The van der Waals surface area contributed by atoms with Crippen LogP contribution in [0.15, 0.2) is 24.3 Å². The molecule has 1 aromatic rings. The third-order valence-electron chi connectivity index (χ3n) is 1.50. The Kier molecular flexibility index (Phi) is 2.25. The van der Waals surface area contributed by atoms with E-state index in [9.17, 15) is 0 Å². The van der Waals surface area contributed by atoms with Gasteiger partial charge in [-0.15, -0.1) is 0 Å². The summed E-state index contributed by atoms with van der Waals surface area (Å²) in [4.78, 5) is 3.24. The molecule has 0 unspecified atom stereocenters. The lowest BCUT2D eigenvalue weighted by Crippen LogP contribution is -1.88. The van der Waals surface area contributed by atoms with Crippen molar-refractivity contribution in [1.82, 2.24) is 0 Å². The molecule has 1 rings (SSSR count). The van der Waals surface area contributed by atoms with E-state index in [0.29, 0.717) is 5.69 Å². The summed E-state index contributed by atoms with van der Waals surface area (Å²) in [5.41, 5.74) is 1.45. The van der Waals surface area contributed by atoms with E-state index in [1.54, 1.807) is 31.2 Å². The van der Waals surface area contributed by atoms with Gasteiger partial charge in [-0.2, -0.15) is 0 Å². The van der Waals surface area contributed by atoms with Crippen molar-refractivity contribution < 1.29 is 5.11 Å². The van der Waals surface area contributed by atoms with Gasteiger partial charge in [-0.25, -0.2) is 4.85 Å². The third-order valence-corrected chi connectivity index (χ3v) is 1.50. The Morgan fingerprint density at radius 1 is 1.36 bits per heavy atom. The molecule has 0 saturated carbocycles. The van der Waals surface area contributed by atoms with Gasteiger partial charge in [0.25, 0.3) is 0 Å². The largest absolute Gasteiger partial charge is 0.389 e. The number of hydrogen-bond donors (Lipinski definition) is 1. The molecule has 2 heteroatoms. The van der Waals surface area contributed by atoms with Crippen LogP contribution in [0.5, 0.6) is 0 Å². The zero-order chi connectivity index (χ0) is 8.27. The molecule has 56 valence electrons. The van der Waals surface area contributed by atoms with Crippen molar-refractivity contribution >= 4 is 5.69 Å². The predicted molar refractivity (Wildman–Crippen MR) is 43.3 cm³/mol. The van der Waals surface area contributed by atoms with Gasteiger partial charge in [0.1, 0.15) is 0 Å². The highest BCUT2D eigenvalue weighted by Gasteiger charge is 1.98. The summed E-state index contributed by atoms with van der Waals surface area (Å²) >= 11 is 0. The second kappa shape index (κ2) is 3.18. The summed E-state index contributed by atoms with van der Waals surface area (Å²) in [5, 5.41) is 9.11. The maximum atomic E-state index is 9.11. The summed E-state index contributed by atoms with van der Waals surface area (Å²) in [6, 6.07) is 6.93. The molecular weight excluding hydrogens is 138 g/mol. The van der Waals surface area contributed by atoms with Crippen molar-refractivity contribution in [3.05, 3.63) is 41.2 Å². The fourth-order valence-electron chi connectivity index (χ4n) is 0.827. The summed E-state index contributed by atoms with van der Waals surface area (Å²) in [7, 11) is 0. The average Bonchev–Trinajstić information content (AvgIpc) is 2.05. The van der Waals surface area contributed by atoms with Gasteiger partial charge in [0.05, 0.1) is 12.7 Å². The van der Waals surface area contributed by atoms with Crippen molar-refractivity contribution in [3.63, 3.8) is 0 Å². The van der Waals surface area contributed by atoms with Crippen LogP contribution in [0.4, 0.5) is 5.69 Å². The molecule has 0 aliphatic carbocycles. The quantitative estimate of drug-likeness (QED) is 0.605. The minimum absolute atomic E-state index is 0.449. The van der Waals surface area contributed by atoms with Crippen LogP contribution >= 0.6 is 0 Å². The highest BCUT2D eigenvalue weighted by molar-refractivity contribution is 5.45. The Bertz CT molecular complexity index is 269. The standard InChI is InChI=1S/C9H9NO/c1-7(11)8-3-5-9(10-2)6-4-8/h3-7,11H,1H3/t7-/m0/s1. The van der Waals surface area contributed by atoms with E-state index in [0.717, 1.165) is 5.56 Å². The maximum absolute atomic E-state index is 9.11. The first-order chi connectivity index (χ1) is 5.24. The molecule has 0 saturated heterocycles. The summed E-state index contributed by atoms with van der Waals surface area (Å²) in [6.45, 7) is 8.39. The van der Waals surface area contributed by atoms with Crippen LogP contribution in [-0.2, 0) is 0 Å². The topological polar surface area (TPSA) is 24.6 Å². The number of rotatable bonds is 1. The Morgan fingerprint density at radius 3 is 2.27 bits per heavy atom. The van der Waals surface area contributed by atoms with Gasteiger partial charge in [-0.05, 0) is 12.5 Å². The van der Waals surface area contributed by atoms with E-state index in [2.05, 4.69) is 4.85 Å². The molecule has 0 aliphatic rings. The first kappa shape index (κ1) is 7.77. The van der Waals surface area contributed by atoms with E-state index in [1.807, 2.05) is 0 Å². The number of benzene rings is 1. The van der Waals surface area contributed by atoms with Gasteiger partial charge in [0.15, 0.2) is 5.69 Å². The van der Waals surface area contributed by atoms with Gasteiger partial charge in [-0.1, -0.05) is 24.3 Å². The molecule has 1 N–H and O–H groups in total. The molecule has 1 aromatic carbocycles. The Morgan fingerprint density at radius 2 is 1.91 bits per heavy atom. The van der Waals surface area contributed by atoms with E-state index >= 15 is 0 Å². The normalized spacial score (nSPS) is 12.1. The highest BCUT2D eigenvalue weighted by atomic mass is 16.3. The fraction of sp³-hybridized carbons (Fsp3) is 0.222. The first-order valence-corrected chi connectivity index (χ1v) is 3.39. The second-order valence-corrected chi connectivity index (χ2v) is 2.38. The molecule has 0 spiro atoms. The Labute approximate surface area is 65.9 Å². The van der Waals surface area contributed by atoms with Crippen molar-refractivity contribution in [2.45, 2.75) is 13.0 Å². The van der Waals surface area contributed by atoms with Crippen LogP contribution in [-0.4, -0.2) is 5.11 Å². The van der Waals surface area contributed by atoms with Crippen molar-refractivity contribution in [1.29, 1.82) is 0 Å². The molecule has 0 aliphatic heterocycles. The number of aliphatic hydroxyl groups excluding tert-OH is 1. The van der Waals surface area contributed by atoms with Crippen molar-refractivity contribution in [2.75, 3.05) is 0 Å². The minimum atomic E-state index is -0.449. The van der Waals surface area contributed by atoms with Gasteiger partial charge in [-0.3, -0.25) is 0 Å². The van der Waals surface area contributed by atoms with Gasteiger partial charge in [0.2, 0.25) is 0 Å². The molecule has 2 nitrogen and oxygen atoms in total. The molecular formula is C9H9NO. The molecule has 0 aromatic heterocycles. The van der Waals surface area contributed by atoms with Gasteiger partial charge < -0.3 is 5.11 Å². The van der Waals surface area contributed by atoms with Gasteiger partial charge in [0, 0.05) is 0 Å². The van der Waals surface area contributed by atoms with Crippen LogP contribution in [0.3, 0.4) is 0 Å². The lowest BCUT2D eigenvalue weighted by atomic mass is 10.1. The van der Waals surface area contributed by atoms with Crippen molar-refractivity contribution in [3.8, 4) is 0 Å². The monoisotopic (exact) mass is 147 g/mol. The summed E-state index contributed by atoms with van der Waals surface area (Å²) < 4.78 is 0. The van der Waals surface area contributed by atoms with Crippen LogP contribution in [0.1, 0.15) is 18.6 Å². The Hall–Kier alpha value is -1.33. The second-order valence-electron chi connectivity index (χ2n) is 2.38. The molecule has 0 bridgehead atoms. The molecule has 1 atom stereocenters.